The molecule has 0 radical (unpaired) electrons. The molecule has 2 rings (SSSR count). The summed E-state index contributed by atoms with van der Waals surface area (Å²) in [6.07, 6.45) is 0. The average Bonchev–Trinajstić information content (AvgIpc) is 2.44. The van der Waals surface area contributed by atoms with Crippen molar-refractivity contribution in [2.24, 2.45) is 0 Å². The summed E-state index contributed by atoms with van der Waals surface area (Å²) in [6, 6.07) is 10.6. The van der Waals surface area contributed by atoms with Gasteiger partial charge >= 0.3 is 0 Å². The maximum Gasteiger partial charge on any atom is 0.259 e. The van der Waals surface area contributed by atoms with Crippen LogP contribution in [0.3, 0.4) is 0 Å². The lowest BCUT2D eigenvalue weighted by Gasteiger charge is -2.21. The summed E-state index contributed by atoms with van der Waals surface area (Å²) in [5.41, 5.74) is 0.608. The van der Waals surface area contributed by atoms with Crippen molar-refractivity contribution in [2.45, 2.75) is 6.92 Å². The topological polar surface area (TPSA) is 20.3 Å². The highest BCUT2D eigenvalue weighted by atomic mass is 35.5. The predicted molar refractivity (Wildman–Crippen MR) is 75.2 cm³/mol. The number of anilines is 1. The van der Waals surface area contributed by atoms with E-state index in [4.69, 9.17) is 11.6 Å². The fraction of sp³-hybridized carbons (Fsp3) is 0.133. The van der Waals surface area contributed by atoms with Gasteiger partial charge in [-0.1, -0.05) is 29.8 Å². The van der Waals surface area contributed by atoms with Crippen molar-refractivity contribution in [1.82, 2.24) is 0 Å². The van der Waals surface area contributed by atoms with Crippen molar-refractivity contribution in [2.75, 3.05) is 11.4 Å². The second-order valence-corrected chi connectivity index (χ2v) is 4.54. The molecular formula is C15H12ClF2NO. The molecule has 0 heterocycles. The van der Waals surface area contributed by atoms with Crippen molar-refractivity contribution >= 4 is 23.2 Å². The van der Waals surface area contributed by atoms with Crippen LogP contribution in [0.15, 0.2) is 42.5 Å². The highest BCUT2D eigenvalue weighted by Crippen LogP contribution is 2.24. The number of nitrogens with zero attached hydrogens (tertiary/aromatic N) is 1. The molecule has 0 aliphatic heterocycles. The van der Waals surface area contributed by atoms with Crippen LogP contribution in [0.25, 0.3) is 0 Å². The molecule has 2 aromatic carbocycles. The Balaban J connectivity index is 2.42. The Morgan fingerprint density at radius 3 is 2.35 bits per heavy atom. The number of hydrogen-bond acceptors (Lipinski definition) is 1. The Bertz CT molecular complexity index is 631. The van der Waals surface area contributed by atoms with Gasteiger partial charge in [0, 0.05) is 12.2 Å². The van der Waals surface area contributed by atoms with E-state index in [1.807, 2.05) is 6.07 Å². The van der Waals surface area contributed by atoms with E-state index < -0.39 is 17.5 Å². The fourth-order valence-corrected chi connectivity index (χ4v) is 2.11. The van der Waals surface area contributed by atoms with Crippen molar-refractivity contribution in [1.29, 1.82) is 0 Å². The second-order valence-electron chi connectivity index (χ2n) is 4.13. The fourth-order valence-electron chi connectivity index (χ4n) is 1.88. The van der Waals surface area contributed by atoms with Crippen LogP contribution in [0, 0.1) is 11.6 Å². The van der Waals surface area contributed by atoms with Gasteiger partial charge in [0.05, 0.1) is 10.6 Å². The van der Waals surface area contributed by atoms with Gasteiger partial charge in [0.1, 0.15) is 0 Å². The monoisotopic (exact) mass is 295 g/mol. The van der Waals surface area contributed by atoms with Gasteiger partial charge in [-0.25, -0.2) is 8.78 Å². The van der Waals surface area contributed by atoms with E-state index in [2.05, 4.69) is 0 Å². The maximum absolute atomic E-state index is 13.3. The summed E-state index contributed by atoms with van der Waals surface area (Å²) in [5, 5.41) is -0.108. The van der Waals surface area contributed by atoms with E-state index in [0.29, 0.717) is 12.2 Å². The molecule has 0 aliphatic rings. The highest BCUT2D eigenvalue weighted by Gasteiger charge is 2.20. The first-order chi connectivity index (χ1) is 9.54. The SMILES string of the molecule is CCN(C(=O)c1cc(F)c(F)cc1Cl)c1ccccc1. The van der Waals surface area contributed by atoms with Gasteiger partial charge in [0.25, 0.3) is 5.91 Å². The Morgan fingerprint density at radius 2 is 1.75 bits per heavy atom. The third-order valence-corrected chi connectivity index (χ3v) is 3.18. The van der Waals surface area contributed by atoms with Gasteiger partial charge in [0.15, 0.2) is 11.6 Å². The molecular weight excluding hydrogens is 284 g/mol. The Morgan fingerprint density at radius 1 is 1.15 bits per heavy atom. The van der Waals surface area contributed by atoms with E-state index in [0.717, 1.165) is 12.1 Å². The standard InChI is InChI=1S/C15H12ClF2NO/c1-2-19(10-6-4-3-5-7-10)15(20)11-8-13(17)14(18)9-12(11)16/h3-9H,2H2,1H3. The minimum absolute atomic E-state index is 0.0590. The van der Waals surface area contributed by atoms with Gasteiger partial charge in [-0.2, -0.15) is 0 Å². The van der Waals surface area contributed by atoms with Crippen LogP contribution < -0.4 is 4.90 Å². The molecule has 0 spiro atoms. The van der Waals surface area contributed by atoms with Crippen LogP contribution in [0.4, 0.5) is 14.5 Å². The summed E-state index contributed by atoms with van der Waals surface area (Å²) >= 11 is 5.83. The molecule has 0 aliphatic carbocycles. The lowest BCUT2D eigenvalue weighted by Crippen LogP contribution is -2.31. The Kier molecular flexibility index (Phi) is 4.35. The molecule has 1 amide bonds. The van der Waals surface area contributed by atoms with Crippen molar-refractivity contribution in [3.05, 3.63) is 64.7 Å². The molecule has 0 saturated heterocycles. The molecule has 20 heavy (non-hydrogen) atoms. The zero-order chi connectivity index (χ0) is 14.7. The number of hydrogen-bond donors (Lipinski definition) is 0. The van der Waals surface area contributed by atoms with Crippen LogP contribution in [-0.2, 0) is 0 Å². The van der Waals surface area contributed by atoms with Gasteiger partial charge in [-0.05, 0) is 31.2 Å². The molecule has 2 nitrogen and oxygen atoms in total. The van der Waals surface area contributed by atoms with Crippen LogP contribution in [0.5, 0.6) is 0 Å². The van der Waals surface area contributed by atoms with E-state index in [1.54, 1.807) is 31.2 Å². The Labute approximate surface area is 120 Å². The quantitative estimate of drug-likeness (QED) is 0.774. The van der Waals surface area contributed by atoms with E-state index in [-0.39, 0.29) is 10.6 Å². The number of para-hydroxylation sites is 1. The smallest absolute Gasteiger partial charge is 0.259 e. The number of carbonyl (C=O) groups excluding carboxylic acids is 1. The van der Waals surface area contributed by atoms with Crippen LogP contribution in [0.2, 0.25) is 5.02 Å². The van der Waals surface area contributed by atoms with Crippen LogP contribution in [0.1, 0.15) is 17.3 Å². The van der Waals surface area contributed by atoms with Gasteiger partial charge < -0.3 is 4.90 Å². The van der Waals surface area contributed by atoms with E-state index in [1.165, 1.54) is 4.90 Å². The second kappa shape index (κ2) is 6.01. The van der Waals surface area contributed by atoms with Crippen molar-refractivity contribution in [3.63, 3.8) is 0 Å². The third-order valence-electron chi connectivity index (χ3n) is 2.87. The predicted octanol–water partition coefficient (Wildman–Crippen LogP) is 4.28. The molecule has 2 aromatic rings. The number of amides is 1. The van der Waals surface area contributed by atoms with E-state index >= 15 is 0 Å². The summed E-state index contributed by atoms with van der Waals surface area (Å²) in [7, 11) is 0. The summed E-state index contributed by atoms with van der Waals surface area (Å²) in [6.45, 7) is 2.18. The summed E-state index contributed by atoms with van der Waals surface area (Å²) < 4.78 is 26.3. The molecule has 0 saturated carbocycles. The highest BCUT2D eigenvalue weighted by molar-refractivity contribution is 6.34. The first-order valence-electron chi connectivity index (χ1n) is 6.06. The molecule has 0 bridgehead atoms. The van der Waals surface area contributed by atoms with Crippen LogP contribution >= 0.6 is 11.6 Å². The van der Waals surface area contributed by atoms with Gasteiger partial charge in [-0.3, -0.25) is 4.79 Å². The number of rotatable bonds is 3. The molecule has 0 N–H and O–H groups in total. The van der Waals surface area contributed by atoms with Crippen molar-refractivity contribution in [3.8, 4) is 0 Å². The van der Waals surface area contributed by atoms with Crippen molar-refractivity contribution < 1.29 is 13.6 Å². The first-order valence-corrected chi connectivity index (χ1v) is 6.43. The average molecular weight is 296 g/mol. The first kappa shape index (κ1) is 14.5. The number of carbonyl (C=O) groups is 1. The zero-order valence-electron chi connectivity index (χ0n) is 10.7. The largest absolute Gasteiger partial charge is 0.309 e. The zero-order valence-corrected chi connectivity index (χ0v) is 11.5. The molecule has 104 valence electrons. The molecule has 0 unspecified atom stereocenters. The minimum Gasteiger partial charge on any atom is -0.309 e. The molecule has 0 aromatic heterocycles. The third kappa shape index (κ3) is 2.80. The normalized spacial score (nSPS) is 10.4. The lowest BCUT2D eigenvalue weighted by atomic mass is 10.1. The minimum atomic E-state index is -1.10. The molecule has 0 atom stereocenters. The Hall–Kier alpha value is -1.94. The lowest BCUT2D eigenvalue weighted by molar-refractivity contribution is 0.0988. The summed E-state index contributed by atoms with van der Waals surface area (Å²) in [5.74, 6) is -2.64. The molecule has 5 heteroatoms. The van der Waals surface area contributed by atoms with Gasteiger partial charge in [-0.15, -0.1) is 0 Å². The molecule has 0 fully saturated rings. The van der Waals surface area contributed by atoms with E-state index in [9.17, 15) is 13.6 Å². The number of halogens is 3. The summed E-state index contributed by atoms with van der Waals surface area (Å²) in [4.78, 5) is 13.9. The van der Waals surface area contributed by atoms with Gasteiger partial charge in [0.2, 0.25) is 0 Å². The van der Waals surface area contributed by atoms with Crippen LogP contribution in [-0.4, -0.2) is 12.5 Å². The maximum atomic E-state index is 13.3. The number of benzene rings is 2.